The molecule has 1 aromatic rings. The second-order valence-corrected chi connectivity index (χ2v) is 1.94. The summed E-state index contributed by atoms with van der Waals surface area (Å²) in [6.45, 7) is 0. The molecular weight excluding hydrogens is 202 g/mol. The van der Waals surface area contributed by atoms with Crippen LogP contribution in [0.15, 0.2) is 0 Å². The minimum absolute atomic E-state index is 2.05. The minimum Gasteiger partial charge on any atom is -0.197 e. The maximum Gasteiger partial charge on any atom is 0.451 e. The van der Waals surface area contributed by atoms with Crippen LogP contribution in [0.4, 0.5) is 26.3 Å². The fraction of sp³-hybridized carbons (Fsp3) is 0.200. The van der Waals surface area contributed by atoms with Gasteiger partial charge in [-0.25, -0.2) is 0 Å². The molecule has 0 aliphatic carbocycles. The highest BCUT2D eigenvalue weighted by molar-refractivity contribution is 4.98. The monoisotopic (exact) mass is 202 g/mol. The molecule has 0 N–H and O–H groups in total. The van der Waals surface area contributed by atoms with E-state index < -0.39 is 29.7 Å². The normalized spacial score (nSPS) is 11.8. The van der Waals surface area contributed by atoms with Crippen LogP contribution in [-0.2, 0) is 6.18 Å². The van der Waals surface area contributed by atoms with Gasteiger partial charge in [0.25, 0.3) is 11.9 Å². The van der Waals surface area contributed by atoms with E-state index in [-0.39, 0.29) is 0 Å². The van der Waals surface area contributed by atoms with Crippen LogP contribution in [-0.4, -0.2) is 9.97 Å². The minimum atomic E-state index is -5.10. The molecular formula is C5F6N2. The molecule has 0 aliphatic heterocycles. The molecule has 0 amide bonds. The molecule has 0 aromatic carbocycles. The molecule has 13 heavy (non-hydrogen) atoms. The first-order valence-electron chi connectivity index (χ1n) is 2.78. The van der Waals surface area contributed by atoms with Gasteiger partial charge in [0.05, 0.1) is 0 Å². The standard InChI is InChI=1S/C5F6N2/c6-1-2(7)12-4(5(9,10)11)13-3(1)8. The van der Waals surface area contributed by atoms with Gasteiger partial charge in [0.2, 0.25) is 11.6 Å². The first-order chi connectivity index (χ1) is 5.82. The highest BCUT2D eigenvalue weighted by Gasteiger charge is 2.36. The Bertz CT molecular complexity index is 309. The molecule has 2 nitrogen and oxygen atoms in total. The SMILES string of the molecule is Fc1nc(C(F)(F)F)nc(F)c1F. The van der Waals surface area contributed by atoms with E-state index in [2.05, 4.69) is 9.97 Å². The average molecular weight is 202 g/mol. The number of hydrogen-bond donors (Lipinski definition) is 0. The molecule has 0 fully saturated rings. The van der Waals surface area contributed by atoms with Gasteiger partial charge in [-0.3, -0.25) is 0 Å². The van der Waals surface area contributed by atoms with E-state index in [1.807, 2.05) is 0 Å². The highest BCUT2D eigenvalue weighted by Crippen LogP contribution is 2.26. The first-order valence-corrected chi connectivity index (χ1v) is 2.78. The van der Waals surface area contributed by atoms with Gasteiger partial charge in [0.15, 0.2) is 0 Å². The van der Waals surface area contributed by atoms with E-state index in [0.29, 0.717) is 0 Å². The van der Waals surface area contributed by atoms with Gasteiger partial charge >= 0.3 is 6.18 Å². The molecule has 0 unspecified atom stereocenters. The quantitative estimate of drug-likeness (QED) is 0.474. The van der Waals surface area contributed by atoms with Crippen LogP contribution in [0.25, 0.3) is 0 Å². The summed E-state index contributed by atoms with van der Waals surface area (Å²) < 4.78 is 71.4. The molecule has 8 heteroatoms. The van der Waals surface area contributed by atoms with Crippen molar-refractivity contribution in [3.05, 3.63) is 23.5 Å². The van der Waals surface area contributed by atoms with Crippen LogP contribution in [0.5, 0.6) is 0 Å². The van der Waals surface area contributed by atoms with Crippen molar-refractivity contribution >= 4 is 0 Å². The summed E-state index contributed by atoms with van der Waals surface area (Å²) in [7, 11) is 0. The number of aromatic nitrogens is 2. The second-order valence-electron chi connectivity index (χ2n) is 1.94. The Balaban J connectivity index is 3.29. The molecule has 0 saturated heterocycles. The summed E-state index contributed by atoms with van der Waals surface area (Å²) in [5.74, 6) is -8.52. The fourth-order valence-electron chi connectivity index (χ4n) is 0.521. The van der Waals surface area contributed by atoms with Crippen LogP contribution in [0.1, 0.15) is 5.82 Å². The van der Waals surface area contributed by atoms with E-state index in [1.54, 1.807) is 0 Å². The largest absolute Gasteiger partial charge is 0.451 e. The third kappa shape index (κ3) is 1.87. The second kappa shape index (κ2) is 2.86. The summed E-state index contributed by atoms with van der Waals surface area (Å²) >= 11 is 0. The van der Waals surface area contributed by atoms with Gasteiger partial charge in [0, 0.05) is 0 Å². The zero-order chi connectivity index (χ0) is 10.2. The van der Waals surface area contributed by atoms with Crippen molar-refractivity contribution in [2.45, 2.75) is 6.18 Å². The van der Waals surface area contributed by atoms with Crippen LogP contribution in [0, 0.1) is 17.7 Å². The van der Waals surface area contributed by atoms with E-state index in [4.69, 9.17) is 0 Å². The smallest absolute Gasteiger partial charge is 0.197 e. The molecule has 0 aliphatic rings. The predicted molar refractivity (Wildman–Crippen MR) is 26.9 cm³/mol. The Hall–Kier alpha value is -1.34. The lowest BCUT2D eigenvalue weighted by atomic mass is 10.5. The zero-order valence-electron chi connectivity index (χ0n) is 5.66. The van der Waals surface area contributed by atoms with Crippen molar-refractivity contribution in [1.82, 2.24) is 9.97 Å². The van der Waals surface area contributed by atoms with Crippen LogP contribution < -0.4 is 0 Å². The number of hydrogen-bond acceptors (Lipinski definition) is 2. The van der Waals surface area contributed by atoms with Crippen LogP contribution in [0.3, 0.4) is 0 Å². The number of nitrogens with zero attached hydrogens (tertiary/aromatic N) is 2. The third-order valence-electron chi connectivity index (χ3n) is 1.02. The van der Waals surface area contributed by atoms with Crippen molar-refractivity contribution in [1.29, 1.82) is 0 Å². The van der Waals surface area contributed by atoms with E-state index in [9.17, 15) is 26.3 Å². The van der Waals surface area contributed by atoms with Crippen molar-refractivity contribution in [3.8, 4) is 0 Å². The van der Waals surface area contributed by atoms with Crippen molar-refractivity contribution < 1.29 is 26.3 Å². The van der Waals surface area contributed by atoms with Gasteiger partial charge in [-0.15, -0.1) is 0 Å². The van der Waals surface area contributed by atoms with Gasteiger partial charge in [-0.05, 0) is 0 Å². The Morgan fingerprint density at radius 1 is 0.846 bits per heavy atom. The maximum atomic E-state index is 12.1. The molecule has 1 rings (SSSR count). The van der Waals surface area contributed by atoms with Crippen molar-refractivity contribution in [2.75, 3.05) is 0 Å². The van der Waals surface area contributed by atoms with Gasteiger partial charge in [-0.1, -0.05) is 0 Å². The predicted octanol–water partition coefficient (Wildman–Crippen LogP) is 1.91. The molecule has 72 valence electrons. The fourth-order valence-corrected chi connectivity index (χ4v) is 0.521. The molecule has 1 heterocycles. The molecule has 0 saturated carbocycles. The molecule has 1 aromatic heterocycles. The van der Waals surface area contributed by atoms with E-state index in [0.717, 1.165) is 0 Å². The molecule has 0 spiro atoms. The average Bonchev–Trinajstić information content (AvgIpc) is 1.97. The Labute approximate surface area is 67.2 Å². The lowest BCUT2D eigenvalue weighted by Crippen LogP contribution is -2.15. The van der Waals surface area contributed by atoms with Crippen molar-refractivity contribution in [2.24, 2.45) is 0 Å². The maximum absolute atomic E-state index is 12.1. The Morgan fingerprint density at radius 3 is 1.54 bits per heavy atom. The summed E-state index contributed by atoms with van der Waals surface area (Å²) in [5, 5.41) is 0. The number of halogens is 6. The van der Waals surface area contributed by atoms with Gasteiger partial charge < -0.3 is 0 Å². The summed E-state index contributed by atoms with van der Waals surface area (Å²) in [6.07, 6.45) is -5.10. The molecule has 0 radical (unpaired) electrons. The summed E-state index contributed by atoms with van der Waals surface area (Å²) in [6, 6.07) is 0. The lowest BCUT2D eigenvalue weighted by molar-refractivity contribution is -0.146. The van der Waals surface area contributed by atoms with E-state index in [1.165, 1.54) is 0 Å². The van der Waals surface area contributed by atoms with E-state index >= 15 is 0 Å². The van der Waals surface area contributed by atoms with Crippen molar-refractivity contribution in [3.63, 3.8) is 0 Å². The van der Waals surface area contributed by atoms with Crippen LogP contribution in [0.2, 0.25) is 0 Å². The summed E-state index contributed by atoms with van der Waals surface area (Å²) in [5.41, 5.74) is 0. The molecule has 0 atom stereocenters. The highest BCUT2D eigenvalue weighted by atomic mass is 19.4. The first kappa shape index (κ1) is 9.75. The molecule has 0 bridgehead atoms. The zero-order valence-corrected chi connectivity index (χ0v) is 5.66. The topological polar surface area (TPSA) is 25.8 Å². The van der Waals surface area contributed by atoms with Gasteiger partial charge in [0.1, 0.15) is 0 Å². The number of rotatable bonds is 0. The van der Waals surface area contributed by atoms with Gasteiger partial charge in [-0.2, -0.15) is 36.3 Å². The lowest BCUT2D eigenvalue weighted by Gasteiger charge is -2.03. The third-order valence-corrected chi connectivity index (χ3v) is 1.02. The summed E-state index contributed by atoms with van der Waals surface area (Å²) in [4.78, 5) is 4.17. The van der Waals surface area contributed by atoms with Crippen LogP contribution >= 0.6 is 0 Å². The Morgan fingerprint density at radius 2 is 1.23 bits per heavy atom. The Kier molecular flexibility index (Phi) is 2.14. The number of alkyl halides is 3.